The Morgan fingerprint density at radius 3 is 2.67 bits per heavy atom. The van der Waals surface area contributed by atoms with Crippen molar-refractivity contribution in [3.05, 3.63) is 60.2 Å². The van der Waals surface area contributed by atoms with Crippen LogP contribution in [0.25, 0.3) is 11.4 Å². The number of sulfonamides is 1. The molecule has 1 amide bonds. The minimum atomic E-state index is -3.77. The average molecular weight is 565 g/mol. The number of hydrogen-bond acceptors (Lipinski definition) is 9. The van der Waals surface area contributed by atoms with Crippen molar-refractivity contribution in [2.24, 2.45) is 10.4 Å². The Balaban J connectivity index is 1.37. The summed E-state index contributed by atoms with van der Waals surface area (Å²) in [5.74, 6) is -0.849. The summed E-state index contributed by atoms with van der Waals surface area (Å²) in [6.07, 6.45) is 9.04. The summed E-state index contributed by atoms with van der Waals surface area (Å²) in [6.45, 7) is 3.98. The van der Waals surface area contributed by atoms with Crippen LogP contribution in [0.5, 0.6) is 0 Å². The van der Waals surface area contributed by atoms with Crippen LogP contribution in [0.4, 0.5) is 0 Å². The molecule has 5 rings (SSSR count). The van der Waals surface area contributed by atoms with Crippen LogP contribution in [-0.2, 0) is 14.8 Å². The van der Waals surface area contributed by atoms with E-state index in [1.165, 1.54) is 6.07 Å². The SMILES string of the molecule is CC[C@H](NC(=O)[C@H](CCC1(C)CCCC1)N=C1NS(=O)(=O)c2ccccc21)C(=O)c1nc(-c2cccnc2)no1. The van der Waals surface area contributed by atoms with E-state index in [2.05, 4.69) is 37.1 Å². The average Bonchev–Trinajstić information content (AvgIpc) is 3.68. The number of amidine groups is 1. The van der Waals surface area contributed by atoms with Gasteiger partial charge in [0.05, 0.1) is 10.9 Å². The van der Waals surface area contributed by atoms with Crippen molar-refractivity contribution >= 4 is 27.5 Å². The second kappa shape index (κ2) is 11.3. The summed E-state index contributed by atoms with van der Waals surface area (Å²) in [6, 6.07) is 8.16. The van der Waals surface area contributed by atoms with Gasteiger partial charge < -0.3 is 9.84 Å². The molecule has 2 aliphatic rings. The maximum atomic E-state index is 13.6. The molecule has 40 heavy (non-hydrogen) atoms. The van der Waals surface area contributed by atoms with E-state index in [9.17, 15) is 18.0 Å². The smallest absolute Gasteiger partial charge is 0.296 e. The molecule has 3 aromatic rings. The maximum Gasteiger partial charge on any atom is 0.296 e. The van der Waals surface area contributed by atoms with Crippen LogP contribution in [0, 0.1) is 5.41 Å². The standard InChI is InChI=1S/C28H32N6O5S/c1-3-20(23(35)27-32-24(33-39-27)18-9-8-16-29-17-18)31-26(36)21(12-15-28(2)13-6-7-14-28)30-25-19-10-4-5-11-22(19)40(37,38)34-25/h4-5,8-11,16-17,20-21H,3,6-7,12-15H2,1-2H3,(H,30,34)(H,31,36)/t20-,21-/m0/s1. The third kappa shape index (κ3) is 5.81. The Labute approximate surface area is 232 Å². The second-order valence-corrected chi connectivity index (χ2v) is 12.3. The number of hydrogen-bond donors (Lipinski definition) is 2. The zero-order chi connectivity index (χ0) is 28.3. The minimum absolute atomic E-state index is 0.0955. The molecule has 1 saturated carbocycles. The van der Waals surface area contributed by atoms with E-state index in [1.54, 1.807) is 49.6 Å². The number of nitrogens with one attached hydrogen (secondary N) is 2. The van der Waals surface area contributed by atoms with Crippen LogP contribution in [0.2, 0.25) is 0 Å². The Morgan fingerprint density at radius 1 is 1.18 bits per heavy atom. The molecule has 0 radical (unpaired) electrons. The lowest BCUT2D eigenvalue weighted by Crippen LogP contribution is -2.45. The first-order valence-electron chi connectivity index (χ1n) is 13.5. The third-order valence-electron chi connectivity index (χ3n) is 7.68. The Kier molecular flexibility index (Phi) is 7.79. The largest absolute Gasteiger partial charge is 0.344 e. The first kappa shape index (κ1) is 27.6. The van der Waals surface area contributed by atoms with Gasteiger partial charge in [0, 0.05) is 23.5 Å². The van der Waals surface area contributed by atoms with Crippen molar-refractivity contribution in [3.63, 3.8) is 0 Å². The summed E-state index contributed by atoms with van der Waals surface area (Å²) >= 11 is 0. The zero-order valence-electron chi connectivity index (χ0n) is 22.5. The maximum absolute atomic E-state index is 13.6. The van der Waals surface area contributed by atoms with E-state index in [0.29, 0.717) is 17.5 Å². The molecular weight excluding hydrogens is 532 g/mol. The molecule has 2 atom stereocenters. The number of aromatic nitrogens is 3. The molecule has 0 unspecified atom stereocenters. The molecule has 0 spiro atoms. The number of ketones is 1. The van der Waals surface area contributed by atoms with Crippen molar-refractivity contribution < 1.29 is 22.5 Å². The van der Waals surface area contributed by atoms with Crippen LogP contribution in [0.15, 0.2) is 63.2 Å². The van der Waals surface area contributed by atoms with Gasteiger partial charge in [0.25, 0.3) is 15.9 Å². The fourth-order valence-corrected chi connectivity index (χ4v) is 6.55. The number of carbonyl (C=O) groups excluding carboxylic acids is 2. The van der Waals surface area contributed by atoms with Crippen molar-refractivity contribution in [1.29, 1.82) is 0 Å². The number of amides is 1. The Morgan fingerprint density at radius 2 is 1.95 bits per heavy atom. The molecule has 12 heteroatoms. The molecule has 11 nitrogen and oxygen atoms in total. The highest BCUT2D eigenvalue weighted by Crippen LogP contribution is 2.42. The molecule has 1 aromatic carbocycles. The van der Waals surface area contributed by atoms with E-state index in [1.807, 2.05) is 0 Å². The van der Waals surface area contributed by atoms with Gasteiger partial charge in [-0.2, -0.15) is 4.98 Å². The summed E-state index contributed by atoms with van der Waals surface area (Å²) in [4.78, 5) is 39.8. The Bertz CT molecular complexity index is 1530. The molecule has 2 N–H and O–H groups in total. The van der Waals surface area contributed by atoms with Crippen LogP contribution in [-0.4, -0.2) is 53.2 Å². The highest BCUT2D eigenvalue weighted by atomic mass is 32.2. The monoisotopic (exact) mass is 564 g/mol. The Hall–Kier alpha value is -3.93. The summed E-state index contributed by atoms with van der Waals surface area (Å²) in [7, 11) is -3.77. The van der Waals surface area contributed by atoms with Gasteiger partial charge >= 0.3 is 0 Å². The van der Waals surface area contributed by atoms with Crippen LogP contribution >= 0.6 is 0 Å². The van der Waals surface area contributed by atoms with Gasteiger partial charge in [-0.3, -0.25) is 24.3 Å². The zero-order valence-corrected chi connectivity index (χ0v) is 23.3. The number of benzene rings is 1. The number of rotatable bonds is 10. The topological polar surface area (TPSA) is 157 Å². The van der Waals surface area contributed by atoms with Crippen molar-refractivity contribution in [2.75, 3.05) is 0 Å². The second-order valence-electron chi connectivity index (χ2n) is 10.7. The normalized spacial score (nSPS) is 19.5. The van der Waals surface area contributed by atoms with E-state index in [-0.39, 0.29) is 34.3 Å². The molecule has 1 aliphatic heterocycles. The van der Waals surface area contributed by atoms with Gasteiger partial charge in [0.2, 0.25) is 17.5 Å². The predicted octanol–water partition coefficient (Wildman–Crippen LogP) is 3.68. The van der Waals surface area contributed by atoms with Crippen molar-refractivity contribution in [3.8, 4) is 11.4 Å². The fourth-order valence-electron chi connectivity index (χ4n) is 5.31. The minimum Gasteiger partial charge on any atom is -0.344 e. The first-order chi connectivity index (χ1) is 19.2. The van der Waals surface area contributed by atoms with E-state index >= 15 is 0 Å². The van der Waals surface area contributed by atoms with E-state index in [4.69, 9.17) is 4.52 Å². The molecule has 0 saturated heterocycles. The summed E-state index contributed by atoms with van der Waals surface area (Å²) in [5, 5.41) is 6.68. The number of fused-ring (bicyclic) bond motifs is 1. The van der Waals surface area contributed by atoms with Gasteiger partial charge in [-0.1, -0.05) is 44.0 Å². The van der Waals surface area contributed by atoms with Crippen LogP contribution < -0.4 is 10.0 Å². The van der Waals surface area contributed by atoms with Gasteiger partial charge in [-0.25, -0.2) is 8.42 Å². The number of Topliss-reactive ketones (excluding diaryl/α,β-unsaturated/α-hetero) is 1. The highest BCUT2D eigenvalue weighted by Gasteiger charge is 2.35. The number of carbonyl (C=O) groups is 2. The summed E-state index contributed by atoms with van der Waals surface area (Å²) < 4.78 is 33.0. The number of aliphatic imine (C=N–C) groups is 1. The molecular formula is C28H32N6O5S. The predicted molar refractivity (Wildman–Crippen MR) is 147 cm³/mol. The lowest BCUT2D eigenvalue weighted by molar-refractivity contribution is -0.123. The lowest BCUT2D eigenvalue weighted by atomic mass is 9.82. The van der Waals surface area contributed by atoms with E-state index < -0.39 is 33.8 Å². The van der Waals surface area contributed by atoms with Gasteiger partial charge in [-0.15, -0.1) is 0 Å². The van der Waals surface area contributed by atoms with Gasteiger partial charge in [0.15, 0.2) is 0 Å². The van der Waals surface area contributed by atoms with Crippen molar-refractivity contribution in [2.45, 2.75) is 75.8 Å². The van der Waals surface area contributed by atoms with Crippen LogP contribution in [0.3, 0.4) is 0 Å². The van der Waals surface area contributed by atoms with E-state index in [0.717, 1.165) is 32.1 Å². The molecule has 3 heterocycles. The van der Waals surface area contributed by atoms with Crippen molar-refractivity contribution in [1.82, 2.24) is 25.2 Å². The van der Waals surface area contributed by atoms with Gasteiger partial charge in [0.1, 0.15) is 11.9 Å². The summed E-state index contributed by atoms with van der Waals surface area (Å²) in [5.41, 5.74) is 1.11. The molecule has 1 aliphatic carbocycles. The molecule has 0 bridgehead atoms. The molecule has 210 valence electrons. The quantitative estimate of drug-likeness (QED) is 0.353. The number of nitrogens with zero attached hydrogens (tertiary/aromatic N) is 4. The van der Waals surface area contributed by atoms with Crippen LogP contribution in [0.1, 0.15) is 75.0 Å². The highest BCUT2D eigenvalue weighted by molar-refractivity contribution is 7.90. The third-order valence-corrected chi connectivity index (χ3v) is 9.08. The molecule has 1 fully saturated rings. The first-order valence-corrected chi connectivity index (χ1v) is 15.0. The fraction of sp³-hybridized carbons (Fsp3) is 0.429. The molecule has 2 aromatic heterocycles. The van der Waals surface area contributed by atoms with Gasteiger partial charge in [-0.05, 0) is 61.8 Å². The number of pyridine rings is 1. The lowest BCUT2D eigenvalue weighted by Gasteiger charge is -2.25.